The van der Waals surface area contributed by atoms with E-state index in [1.54, 1.807) is 0 Å². The summed E-state index contributed by atoms with van der Waals surface area (Å²) in [6.07, 6.45) is -7.90. The molecule has 0 aromatic carbocycles. The van der Waals surface area contributed by atoms with Crippen LogP contribution in [-0.4, -0.2) is 18.1 Å². The van der Waals surface area contributed by atoms with Gasteiger partial charge in [-0.15, -0.1) is 0 Å². The number of hydrogen-bond donors (Lipinski definition) is 0. The van der Waals surface area contributed by atoms with E-state index in [9.17, 15) is 26.7 Å². The van der Waals surface area contributed by atoms with Gasteiger partial charge in [0, 0.05) is 11.8 Å². The lowest BCUT2D eigenvalue weighted by molar-refractivity contribution is -0.142. The molecule has 0 aliphatic heterocycles. The molecule has 9 heteroatoms. The van der Waals surface area contributed by atoms with E-state index in [-0.39, 0.29) is 5.56 Å². The highest BCUT2D eigenvalue weighted by molar-refractivity contribution is 14.1. The number of methoxy groups -OCH3 is 1. The average molecular weight is 395 g/mol. The summed E-state index contributed by atoms with van der Waals surface area (Å²) in [6.45, 7) is 0. The third-order valence-corrected chi connectivity index (χ3v) is 3.28. The highest BCUT2D eigenvalue weighted by atomic mass is 127. The van der Waals surface area contributed by atoms with Gasteiger partial charge in [-0.05, 0) is 28.2 Å². The summed E-state index contributed by atoms with van der Waals surface area (Å²) in [5.41, 5.74) is -2.51. The standard InChI is InChI=1S/C10H7F5INO2/c1-19-5(18)2-4-3-17-8(10(13,14)15)7(16)6(4)9(11)12/h3,9H,2H2,1H3. The zero-order valence-electron chi connectivity index (χ0n) is 9.39. The maximum atomic E-state index is 12.9. The lowest BCUT2D eigenvalue weighted by atomic mass is 10.1. The Morgan fingerprint density at radius 3 is 2.47 bits per heavy atom. The Hall–Kier alpha value is -1.00. The van der Waals surface area contributed by atoms with E-state index in [0.29, 0.717) is 6.20 Å². The predicted molar refractivity (Wildman–Crippen MR) is 62.6 cm³/mol. The summed E-state index contributed by atoms with van der Waals surface area (Å²) in [5.74, 6) is -0.834. The molecule has 0 aliphatic carbocycles. The Morgan fingerprint density at radius 1 is 1.47 bits per heavy atom. The highest BCUT2D eigenvalue weighted by Gasteiger charge is 2.37. The van der Waals surface area contributed by atoms with Crippen LogP contribution in [0.3, 0.4) is 0 Å². The minimum atomic E-state index is -4.83. The Bertz CT molecular complexity index is 490. The molecule has 19 heavy (non-hydrogen) atoms. The van der Waals surface area contributed by atoms with Gasteiger partial charge in [0.25, 0.3) is 6.43 Å². The second kappa shape index (κ2) is 5.97. The van der Waals surface area contributed by atoms with Crippen molar-refractivity contribution in [1.29, 1.82) is 0 Å². The predicted octanol–water partition coefficient (Wildman–Crippen LogP) is 3.36. The second-order valence-electron chi connectivity index (χ2n) is 3.41. The number of alkyl halides is 5. The van der Waals surface area contributed by atoms with Crippen LogP contribution in [0.1, 0.15) is 23.2 Å². The van der Waals surface area contributed by atoms with E-state index in [0.717, 1.165) is 29.7 Å². The molecule has 0 spiro atoms. The quantitative estimate of drug-likeness (QED) is 0.448. The molecular formula is C10H7F5INO2. The fourth-order valence-electron chi connectivity index (χ4n) is 1.34. The number of ether oxygens (including phenoxy) is 1. The van der Waals surface area contributed by atoms with Crippen LogP contribution < -0.4 is 0 Å². The smallest absolute Gasteiger partial charge is 0.434 e. The van der Waals surface area contributed by atoms with Gasteiger partial charge in [0.1, 0.15) is 0 Å². The van der Waals surface area contributed by atoms with Gasteiger partial charge in [-0.2, -0.15) is 13.2 Å². The first-order valence-electron chi connectivity index (χ1n) is 4.78. The molecular weight excluding hydrogens is 388 g/mol. The first-order chi connectivity index (χ1) is 8.68. The first kappa shape index (κ1) is 16.1. The van der Waals surface area contributed by atoms with Crippen LogP contribution in [0.4, 0.5) is 22.0 Å². The summed E-state index contributed by atoms with van der Waals surface area (Å²) < 4.78 is 66.9. The van der Waals surface area contributed by atoms with Crippen LogP contribution in [0.15, 0.2) is 6.20 Å². The molecule has 0 radical (unpaired) electrons. The molecule has 106 valence electrons. The molecule has 0 aliphatic rings. The van der Waals surface area contributed by atoms with Crippen molar-refractivity contribution >= 4 is 28.6 Å². The second-order valence-corrected chi connectivity index (χ2v) is 4.49. The van der Waals surface area contributed by atoms with E-state index >= 15 is 0 Å². The van der Waals surface area contributed by atoms with Crippen molar-refractivity contribution in [3.8, 4) is 0 Å². The van der Waals surface area contributed by atoms with Gasteiger partial charge in [0.15, 0.2) is 5.69 Å². The Balaban J connectivity index is 3.36. The van der Waals surface area contributed by atoms with E-state index < -0.39 is 39.8 Å². The molecule has 0 amide bonds. The van der Waals surface area contributed by atoms with Crippen LogP contribution in [0.25, 0.3) is 0 Å². The van der Waals surface area contributed by atoms with Gasteiger partial charge < -0.3 is 4.74 Å². The molecule has 1 rings (SSSR count). The molecule has 0 bridgehead atoms. The summed E-state index contributed by atoms with van der Waals surface area (Å²) >= 11 is 1.15. The van der Waals surface area contributed by atoms with Gasteiger partial charge in [-0.25, -0.2) is 8.78 Å². The van der Waals surface area contributed by atoms with Crippen LogP contribution in [0.2, 0.25) is 0 Å². The van der Waals surface area contributed by atoms with Gasteiger partial charge >= 0.3 is 12.1 Å². The fourth-order valence-corrected chi connectivity index (χ4v) is 2.37. The van der Waals surface area contributed by atoms with Crippen LogP contribution >= 0.6 is 22.6 Å². The average Bonchev–Trinajstić information content (AvgIpc) is 2.26. The lowest BCUT2D eigenvalue weighted by Crippen LogP contribution is -2.16. The van der Waals surface area contributed by atoms with Gasteiger partial charge in [-0.1, -0.05) is 0 Å². The van der Waals surface area contributed by atoms with Crippen molar-refractivity contribution < 1.29 is 31.5 Å². The van der Waals surface area contributed by atoms with Crippen LogP contribution in [-0.2, 0) is 22.1 Å². The minimum absolute atomic E-state index is 0.278. The third-order valence-electron chi connectivity index (χ3n) is 2.19. The molecule has 0 saturated carbocycles. The lowest BCUT2D eigenvalue weighted by Gasteiger charge is -2.14. The third kappa shape index (κ3) is 3.74. The summed E-state index contributed by atoms with van der Waals surface area (Å²) in [4.78, 5) is 14.1. The summed E-state index contributed by atoms with van der Waals surface area (Å²) in [6, 6.07) is 0. The molecule has 1 aromatic heterocycles. The Labute approximate surface area is 118 Å². The number of hydrogen-bond acceptors (Lipinski definition) is 3. The zero-order chi connectivity index (χ0) is 14.8. The molecule has 1 aromatic rings. The number of aromatic nitrogens is 1. The molecule has 0 unspecified atom stereocenters. The highest BCUT2D eigenvalue weighted by Crippen LogP contribution is 2.37. The number of pyridine rings is 1. The summed E-state index contributed by atoms with van der Waals surface area (Å²) in [7, 11) is 1.05. The number of rotatable bonds is 3. The van der Waals surface area contributed by atoms with Crippen molar-refractivity contribution in [3.05, 3.63) is 26.6 Å². The summed E-state index contributed by atoms with van der Waals surface area (Å²) in [5, 5.41) is 0. The van der Waals surface area contributed by atoms with Crippen molar-refractivity contribution in [1.82, 2.24) is 4.98 Å². The maximum Gasteiger partial charge on any atom is 0.434 e. The van der Waals surface area contributed by atoms with E-state index in [1.165, 1.54) is 0 Å². The molecule has 0 N–H and O–H groups in total. The van der Waals surface area contributed by atoms with Gasteiger partial charge in [-0.3, -0.25) is 9.78 Å². The van der Waals surface area contributed by atoms with Crippen LogP contribution in [0, 0.1) is 3.57 Å². The molecule has 0 fully saturated rings. The Kier molecular flexibility index (Phi) is 5.04. The SMILES string of the molecule is COC(=O)Cc1cnc(C(F)(F)F)c(I)c1C(F)F. The van der Waals surface area contributed by atoms with E-state index in [2.05, 4.69) is 9.72 Å². The van der Waals surface area contributed by atoms with Gasteiger partial charge in [0.2, 0.25) is 0 Å². The van der Waals surface area contributed by atoms with Crippen molar-refractivity contribution in [3.63, 3.8) is 0 Å². The van der Waals surface area contributed by atoms with Crippen LogP contribution in [0.5, 0.6) is 0 Å². The Morgan fingerprint density at radius 2 is 2.05 bits per heavy atom. The van der Waals surface area contributed by atoms with Crippen molar-refractivity contribution in [2.24, 2.45) is 0 Å². The van der Waals surface area contributed by atoms with E-state index in [4.69, 9.17) is 0 Å². The van der Waals surface area contributed by atoms with Crippen molar-refractivity contribution in [2.45, 2.75) is 19.0 Å². The van der Waals surface area contributed by atoms with E-state index in [1.807, 2.05) is 0 Å². The molecule has 0 atom stereocenters. The first-order valence-corrected chi connectivity index (χ1v) is 5.85. The number of carbonyl (C=O) groups excluding carboxylic acids is 1. The molecule has 3 nitrogen and oxygen atoms in total. The topological polar surface area (TPSA) is 39.2 Å². The number of esters is 1. The largest absolute Gasteiger partial charge is 0.469 e. The number of halogens is 6. The maximum absolute atomic E-state index is 12.9. The molecule has 1 heterocycles. The van der Waals surface area contributed by atoms with Gasteiger partial charge in [0.05, 0.1) is 17.1 Å². The minimum Gasteiger partial charge on any atom is -0.469 e. The number of carbonyl (C=O) groups is 1. The zero-order valence-corrected chi connectivity index (χ0v) is 11.6. The number of nitrogens with zero attached hydrogens (tertiary/aromatic N) is 1. The normalized spacial score (nSPS) is 11.8. The monoisotopic (exact) mass is 395 g/mol. The van der Waals surface area contributed by atoms with Crippen molar-refractivity contribution in [2.75, 3.05) is 7.11 Å². The molecule has 0 saturated heterocycles. The fraction of sp³-hybridized carbons (Fsp3) is 0.400.